The zero-order valence-electron chi connectivity index (χ0n) is 11.4. The maximum Gasteiger partial charge on any atom is 0.303 e. The van der Waals surface area contributed by atoms with E-state index in [4.69, 9.17) is 5.11 Å². The molecular formula is C14H17N3O3. The summed E-state index contributed by atoms with van der Waals surface area (Å²) in [5.74, 6) is -1.10. The van der Waals surface area contributed by atoms with Crippen LogP contribution in [0.15, 0.2) is 24.4 Å². The summed E-state index contributed by atoms with van der Waals surface area (Å²) < 4.78 is 0. The Hall–Kier alpha value is -2.37. The Bertz CT molecular complexity index is 646. The molecule has 0 aliphatic heterocycles. The highest BCUT2D eigenvalue weighted by Crippen LogP contribution is 2.26. The lowest BCUT2D eigenvalue weighted by Gasteiger charge is -2.21. The van der Waals surface area contributed by atoms with Crippen LogP contribution in [0.2, 0.25) is 0 Å². The number of carbonyl (C=O) groups is 2. The van der Waals surface area contributed by atoms with Crippen LogP contribution < -0.4 is 5.32 Å². The Morgan fingerprint density at radius 1 is 1.35 bits per heavy atom. The number of rotatable bonds is 5. The second-order valence-corrected chi connectivity index (χ2v) is 5.63. The van der Waals surface area contributed by atoms with Crippen molar-refractivity contribution in [2.24, 2.45) is 5.41 Å². The monoisotopic (exact) mass is 275 g/mol. The van der Waals surface area contributed by atoms with E-state index < -0.39 is 11.4 Å². The number of fused-ring (bicyclic) bond motifs is 1. The fourth-order valence-corrected chi connectivity index (χ4v) is 2.13. The number of H-pyrrole nitrogens is 1. The van der Waals surface area contributed by atoms with Gasteiger partial charge in [-0.25, -0.2) is 0 Å². The highest BCUT2D eigenvalue weighted by Gasteiger charge is 2.25. The zero-order valence-corrected chi connectivity index (χ0v) is 11.4. The number of aliphatic carboxylic acids is 1. The zero-order chi connectivity index (χ0) is 14.8. The standard InChI is InChI=1S/C14H17N3O3/c1-14(2,7-13(19)20)6-12(18)16-10-4-3-9-8-15-17-11(9)5-10/h3-5,8H,6-7H2,1-2H3,(H,15,17)(H,16,18)(H,19,20). The molecule has 0 spiro atoms. The van der Waals surface area contributed by atoms with E-state index in [1.165, 1.54) is 0 Å². The number of aromatic nitrogens is 2. The quantitative estimate of drug-likeness (QED) is 0.780. The molecule has 0 aliphatic rings. The lowest BCUT2D eigenvalue weighted by atomic mass is 9.85. The predicted molar refractivity (Wildman–Crippen MR) is 75.4 cm³/mol. The Kier molecular flexibility index (Phi) is 3.74. The third kappa shape index (κ3) is 3.57. The number of carboxylic acid groups (broad SMARTS) is 1. The molecule has 106 valence electrons. The van der Waals surface area contributed by atoms with Gasteiger partial charge < -0.3 is 10.4 Å². The molecule has 0 unspecified atom stereocenters. The van der Waals surface area contributed by atoms with Crippen LogP contribution >= 0.6 is 0 Å². The van der Waals surface area contributed by atoms with Gasteiger partial charge in [0.2, 0.25) is 5.91 Å². The van der Waals surface area contributed by atoms with E-state index in [-0.39, 0.29) is 18.7 Å². The van der Waals surface area contributed by atoms with Crippen molar-refractivity contribution in [3.63, 3.8) is 0 Å². The topological polar surface area (TPSA) is 95.1 Å². The van der Waals surface area contributed by atoms with Crippen molar-refractivity contribution in [2.75, 3.05) is 5.32 Å². The maximum absolute atomic E-state index is 12.0. The first-order chi connectivity index (χ1) is 9.35. The Labute approximate surface area is 116 Å². The van der Waals surface area contributed by atoms with Gasteiger partial charge >= 0.3 is 5.97 Å². The molecular weight excluding hydrogens is 258 g/mol. The minimum Gasteiger partial charge on any atom is -0.481 e. The number of nitrogens with one attached hydrogen (secondary N) is 2. The van der Waals surface area contributed by atoms with Crippen molar-refractivity contribution in [1.82, 2.24) is 10.2 Å². The fourth-order valence-electron chi connectivity index (χ4n) is 2.13. The summed E-state index contributed by atoms with van der Waals surface area (Å²) in [5, 5.41) is 19.3. The fraction of sp³-hybridized carbons (Fsp3) is 0.357. The molecule has 20 heavy (non-hydrogen) atoms. The lowest BCUT2D eigenvalue weighted by Crippen LogP contribution is -2.24. The second kappa shape index (κ2) is 5.32. The molecule has 0 saturated heterocycles. The van der Waals surface area contributed by atoms with E-state index in [0.717, 1.165) is 10.9 Å². The Balaban J connectivity index is 2.02. The van der Waals surface area contributed by atoms with Gasteiger partial charge in [-0.05, 0) is 23.6 Å². The normalized spacial score (nSPS) is 11.5. The number of hydrogen-bond acceptors (Lipinski definition) is 3. The van der Waals surface area contributed by atoms with Crippen LogP contribution in [0.4, 0.5) is 5.69 Å². The molecule has 0 atom stereocenters. The number of nitrogens with zero attached hydrogens (tertiary/aromatic N) is 1. The summed E-state index contributed by atoms with van der Waals surface area (Å²) in [6.45, 7) is 3.53. The average molecular weight is 275 g/mol. The van der Waals surface area contributed by atoms with E-state index >= 15 is 0 Å². The molecule has 1 heterocycles. The molecule has 3 N–H and O–H groups in total. The molecule has 0 bridgehead atoms. The first-order valence-corrected chi connectivity index (χ1v) is 6.30. The van der Waals surface area contributed by atoms with Gasteiger partial charge in [0.25, 0.3) is 0 Å². The summed E-state index contributed by atoms with van der Waals surface area (Å²) in [7, 11) is 0. The molecule has 0 radical (unpaired) electrons. The van der Waals surface area contributed by atoms with Crippen LogP contribution in [0.5, 0.6) is 0 Å². The number of carbonyl (C=O) groups excluding carboxylic acids is 1. The molecule has 1 aromatic carbocycles. The number of aromatic amines is 1. The van der Waals surface area contributed by atoms with Crippen LogP contribution in [0.25, 0.3) is 10.9 Å². The number of carboxylic acids is 1. The minimum absolute atomic E-state index is 0.0417. The molecule has 0 fully saturated rings. The smallest absolute Gasteiger partial charge is 0.303 e. The van der Waals surface area contributed by atoms with Crippen LogP contribution in [-0.2, 0) is 9.59 Å². The Morgan fingerprint density at radius 2 is 2.10 bits per heavy atom. The van der Waals surface area contributed by atoms with Gasteiger partial charge in [-0.15, -0.1) is 0 Å². The first-order valence-electron chi connectivity index (χ1n) is 6.30. The molecule has 2 rings (SSSR count). The third-order valence-corrected chi connectivity index (χ3v) is 2.99. The second-order valence-electron chi connectivity index (χ2n) is 5.63. The summed E-state index contributed by atoms with van der Waals surface area (Å²) in [5.41, 5.74) is 0.930. The number of anilines is 1. The minimum atomic E-state index is -0.901. The highest BCUT2D eigenvalue weighted by atomic mass is 16.4. The van der Waals surface area contributed by atoms with E-state index in [2.05, 4.69) is 15.5 Å². The lowest BCUT2D eigenvalue weighted by molar-refractivity contribution is -0.139. The average Bonchev–Trinajstić information content (AvgIpc) is 2.72. The third-order valence-electron chi connectivity index (χ3n) is 2.99. The van der Waals surface area contributed by atoms with Crippen LogP contribution in [0.1, 0.15) is 26.7 Å². The van der Waals surface area contributed by atoms with Crippen LogP contribution in [0.3, 0.4) is 0 Å². The molecule has 0 aliphatic carbocycles. The van der Waals surface area contributed by atoms with E-state index in [1.54, 1.807) is 32.2 Å². The van der Waals surface area contributed by atoms with Gasteiger partial charge in [0.1, 0.15) is 0 Å². The van der Waals surface area contributed by atoms with E-state index in [1.807, 2.05) is 6.07 Å². The SMILES string of the molecule is CC(C)(CC(=O)O)CC(=O)Nc1ccc2cn[nH]c2c1. The molecule has 1 amide bonds. The molecule has 2 aromatic rings. The van der Waals surface area contributed by atoms with Gasteiger partial charge in [0, 0.05) is 17.5 Å². The molecule has 0 saturated carbocycles. The highest BCUT2D eigenvalue weighted by molar-refractivity contribution is 5.93. The van der Waals surface area contributed by atoms with Crippen molar-refractivity contribution in [1.29, 1.82) is 0 Å². The summed E-state index contributed by atoms with van der Waals surface area (Å²) >= 11 is 0. The molecule has 6 nitrogen and oxygen atoms in total. The van der Waals surface area contributed by atoms with Crippen molar-refractivity contribution >= 4 is 28.5 Å². The van der Waals surface area contributed by atoms with Gasteiger partial charge in [-0.1, -0.05) is 13.8 Å². The molecule has 6 heteroatoms. The molecule has 1 aromatic heterocycles. The summed E-state index contributed by atoms with van der Waals surface area (Å²) in [6.07, 6.45) is 1.82. The van der Waals surface area contributed by atoms with E-state index in [0.29, 0.717) is 5.69 Å². The summed E-state index contributed by atoms with van der Waals surface area (Å²) in [6, 6.07) is 5.45. The maximum atomic E-state index is 12.0. The van der Waals surface area contributed by atoms with Gasteiger partial charge in [0.15, 0.2) is 0 Å². The number of hydrogen-bond donors (Lipinski definition) is 3. The van der Waals surface area contributed by atoms with Crippen molar-refractivity contribution in [2.45, 2.75) is 26.7 Å². The van der Waals surface area contributed by atoms with Crippen LogP contribution in [0, 0.1) is 5.41 Å². The van der Waals surface area contributed by atoms with Crippen molar-refractivity contribution in [3.05, 3.63) is 24.4 Å². The number of amides is 1. The Morgan fingerprint density at radius 3 is 2.80 bits per heavy atom. The van der Waals surface area contributed by atoms with Crippen LogP contribution in [-0.4, -0.2) is 27.2 Å². The van der Waals surface area contributed by atoms with Crippen molar-refractivity contribution < 1.29 is 14.7 Å². The van der Waals surface area contributed by atoms with E-state index in [9.17, 15) is 9.59 Å². The summed E-state index contributed by atoms with van der Waals surface area (Å²) in [4.78, 5) is 22.7. The van der Waals surface area contributed by atoms with Gasteiger partial charge in [0.05, 0.1) is 18.1 Å². The van der Waals surface area contributed by atoms with Crippen molar-refractivity contribution in [3.8, 4) is 0 Å². The van der Waals surface area contributed by atoms with Gasteiger partial charge in [-0.2, -0.15) is 5.10 Å². The number of benzene rings is 1. The predicted octanol–water partition coefficient (Wildman–Crippen LogP) is 2.39. The van der Waals surface area contributed by atoms with Gasteiger partial charge in [-0.3, -0.25) is 14.7 Å². The largest absolute Gasteiger partial charge is 0.481 e. The first kappa shape index (κ1) is 14.0.